The Morgan fingerprint density at radius 3 is 2.00 bits per heavy atom. The normalized spacial score (nSPS) is 19.1. The molecule has 4 nitrogen and oxygen atoms in total. The number of likely N-dealkylation sites (N-methyl/N-ethyl adjacent to an activating group) is 1. The summed E-state index contributed by atoms with van der Waals surface area (Å²) < 4.78 is 0. The van der Waals surface area contributed by atoms with Gasteiger partial charge in [-0.2, -0.15) is 0 Å². The molecule has 19 heavy (non-hydrogen) atoms. The van der Waals surface area contributed by atoms with Crippen molar-refractivity contribution in [2.24, 2.45) is 11.7 Å². The zero-order valence-electron chi connectivity index (χ0n) is 13.1. The van der Waals surface area contributed by atoms with Crippen molar-refractivity contribution in [3.8, 4) is 0 Å². The van der Waals surface area contributed by atoms with E-state index in [0.29, 0.717) is 12.5 Å². The van der Waals surface area contributed by atoms with Crippen LogP contribution in [0.4, 0.5) is 0 Å². The zero-order valence-corrected chi connectivity index (χ0v) is 13.1. The van der Waals surface area contributed by atoms with Gasteiger partial charge in [-0.05, 0) is 57.9 Å². The first kappa shape index (κ1) is 16.9. The summed E-state index contributed by atoms with van der Waals surface area (Å²) in [7, 11) is 0. The molecule has 1 unspecified atom stereocenters. The maximum Gasteiger partial charge on any atom is 0.0923 e. The second kappa shape index (κ2) is 8.20. The van der Waals surface area contributed by atoms with Crippen LogP contribution in [0.3, 0.4) is 0 Å². The van der Waals surface area contributed by atoms with Crippen LogP contribution in [0.15, 0.2) is 0 Å². The van der Waals surface area contributed by atoms with Gasteiger partial charge in [0.1, 0.15) is 0 Å². The van der Waals surface area contributed by atoms with E-state index in [9.17, 15) is 5.11 Å². The van der Waals surface area contributed by atoms with E-state index in [-0.39, 0.29) is 0 Å². The van der Waals surface area contributed by atoms with Gasteiger partial charge >= 0.3 is 0 Å². The molecule has 0 saturated heterocycles. The lowest BCUT2D eigenvalue weighted by Crippen LogP contribution is -2.50. The molecule has 1 rings (SSSR count). The Morgan fingerprint density at radius 1 is 1.05 bits per heavy atom. The number of hydrogen-bond acceptors (Lipinski definition) is 4. The average Bonchev–Trinajstić information content (AvgIpc) is 3.27. The van der Waals surface area contributed by atoms with Crippen LogP contribution < -0.4 is 5.73 Å². The van der Waals surface area contributed by atoms with Crippen LogP contribution in [-0.2, 0) is 0 Å². The van der Waals surface area contributed by atoms with Crippen molar-refractivity contribution in [3.63, 3.8) is 0 Å². The summed E-state index contributed by atoms with van der Waals surface area (Å²) >= 11 is 0. The van der Waals surface area contributed by atoms with Gasteiger partial charge in [-0.3, -0.25) is 0 Å². The molecule has 0 aromatic heterocycles. The van der Waals surface area contributed by atoms with Gasteiger partial charge in [0.15, 0.2) is 0 Å². The monoisotopic (exact) mass is 271 g/mol. The van der Waals surface area contributed by atoms with Crippen molar-refractivity contribution in [3.05, 3.63) is 0 Å². The molecule has 1 fully saturated rings. The largest absolute Gasteiger partial charge is 0.387 e. The molecule has 4 heteroatoms. The molecule has 0 spiro atoms. The van der Waals surface area contributed by atoms with Gasteiger partial charge in [-0.25, -0.2) is 0 Å². The van der Waals surface area contributed by atoms with Crippen LogP contribution in [0, 0.1) is 5.92 Å². The number of nitrogens with zero attached hydrogens (tertiary/aromatic N) is 2. The molecule has 3 N–H and O–H groups in total. The minimum absolute atomic E-state index is 0.393. The molecule has 0 heterocycles. The van der Waals surface area contributed by atoms with Crippen LogP contribution >= 0.6 is 0 Å². The predicted molar refractivity (Wildman–Crippen MR) is 81.2 cm³/mol. The SMILES string of the molecule is CCN(CC)CCCN(CC)CC(O)(CN)C1CC1. The molecular formula is C15H33N3O. The highest BCUT2D eigenvalue weighted by molar-refractivity contribution is 4.97. The highest BCUT2D eigenvalue weighted by atomic mass is 16.3. The molecule has 0 bridgehead atoms. The van der Waals surface area contributed by atoms with E-state index < -0.39 is 5.60 Å². The van der Waals surface area contributed by atoms with Gasteiger partial charge < -0.3 is 20.6 Å². The van der Waals surface area contributed by atoms with Crippen molar-refractivity contribution in [1.82, 2.24) is 9.80 Å². The fraction of sp³-hybridized carbons (Fsp3) is 1.00. The first-order valence-corrected chi connectivity index (χ1v) is 7.96. The summed E-state index contributed by atoms with van der Waals surface area (Å²) in [5, 5.41) is 10.6. The van der Waals surface area contributed by atoms with Crippen LogP contribution in [0.1, 0.15) is 40.0 Å². The van der Waals surface area contributed by atoms with Crippen molar-refractivity contribution in [2.45, 2.75) is 45.6 Å². The summed E-state index contributed by atoms with van der Waals surface area (Å²) in [5.74, 6) is 0.439. The van der Waals surface area contributed by atoms with Gasteiger partial charge in [-0.1, -0.05) is 20.8 Å². The molecular weight excluding hydrogens is 238 g/mol. The Labute approximate surface area is 118 Å². The molecule has 1 atom stereocenters. The molecule has 1 saturated carbocycles. The zero-order chi connectivity index (χ0) is 14.3. The maximum absolute atomic E-state index is 10.6. The van der Waals surface area contributed by atoms with E-state index >= 15 is 0 Å². The third kappa shape index (κ3) is 5.38. The Hall–Kier alpha value is -0.160. The first-order valence-electron chi connectivity index (χ1n) is 7.96. The number of rotatable bonds is 11. The summed E-state index contributed by atoms with van der Waals surface area (Å²) in [6.45, 7) is 13.2. The molecule has 114 valence electrons. The Bertz CT molecular complexity index is 242. The number of aliphatic hydroxyl groups is 1. The highest BCUT2D eigenvalue weighted by Crippen LogP contribution is 2.39. The standard InChI is InChI=1S/C15H33N3O/c1-4-17(5-2)10-7-11-18(6-3)13-15(19,12-16)14-8-9-14/h14,19H,4-13,16H2,1-3H3. The van der Waals surface area contributed by atoms with E-state index in [1.54, 1.807) is 0 Å². The fourth-order valence-electron chi connectivity index (χ4n) is 2.77. The van der Waals surface area contributed by atoms with Crippen molar-refractivity contribution in [2.75, 3.05) is 45.8 Å². The van der Waals surface area contributed by atoms with Crippen molar-refractivity contribution < 1.29 is 5.11 Å². The van der Waals surface area contributed by atoms with Crippen molar-refractivity contribution >= 4 is 0 Å². The van der Waals surface area contributed by atoms with Crippen LogP contribution in [0.5, 0.6) is 0 Å². The predicted octanol–water partition coefficient (Wildman–Crippen LogP) is 1.14. The van der Waals surface area contributed by atoms with E-state index in [4.69, 9.17) is 5.73 Å². The molecule has 1 aliphatic carbocycles. The van der Waals surface area contributed by atoms with Crippen LogP contribution in [0.2, 0.25) is 0 Å². The second-order valence-electron chi connectivity index (χ2n) is 5.83. The molecule has 0 radical (unpaired) electrons. The topological polar surface area (TPSA) is 52.7 Å². The van der Waals surface area contributed by atoms with Crippen LogP contribution in [-0.4, -0.2) is 66.3 Å². The smallest absolute Gasteiger partial charge is 0.0923 e. The number of nitrogens with two attached hydrogens (primary N) is 1. The molecule has 0 aliphatic heterocycles. The average molecular weight is 271 g/mol. The van der Waals surface area contributed by atoms with E-state index in [0.717, 1.165) is 52.1 Å². The van der Waals surface area contributed by atoms with E-state index in [1.807, 2.05) is 0 Å². The Balaban J connectivity index is 2.32. The van der Waals surface area contributed by atoms with Gasteiger partial charge in [0.05, 0.1) is 5.60 Å². The van der Waals surface area contributed by atoms with Gasteiger partial charge in [-0.15, -0.1) is 0 Å². The quantitative estimate of drug-likeness (QED) is 0.592. The summed E-state index contributed by atoms with van der Waals surface area (Å²) in [6, 6.07) is 0. The molecule has 0 amide bonds. The van der Waals surface area contributed by atoms with Gasteiger partial charge in [0, 0.05) is 13.1 Å². The molecule has 1 aliphatic rings. The van der Waals surface area contributed by atoms with Crippen LogP contribution in [0.25, 0.3) is 0 Å². The summed E-state index contributed by atoms with van der Waals surface area (Å²) in [4.78, 5) is 4.80. The molecule has 0 aromatic rings. The van der Waals surface area contributed by atoms with E-state index in [1.165, 1.54) is 6.42 Å². The lowest BCUT2D eigenvalue weighted by molar-refractivity contribution is -0.00776. The summed E-state index contributed by atoms with van der Waals surface area (Å²) in [5.41, 5.74) is 5.14. The van der Waals surface area contributed by atoms with Gasteiger partial charge in [0.2, 0.25) is 0 Å². The molecule has 0 aromatic carbocycles. The summed E-state index contributed by atoms with van der Waals surface area (Å²) in [6.07, 6.45) is 3.45. The van der Waals surface area contributed by atoms with E-state index in [2.05, 4.69) is 30.6 Å². The lowest BCUT2D eigenvalue weighted by Gasteiger charge is -2.33. The fourth-order valence-corrected chi connectivity index (χ4v) is 2.77. The number of hydrogen-bond donors (Lipinski definition) is 2. The minimum Gasteiger partial charge on any atom is -0.387 e. The maximum atomic E-state index is 10.6. The second-order valence-corrected chi connectivity index (χ2v) is 5.83. The first-order chi connectivity index (χ1) is 9.09. The Kier molecular flexibility index (Phi) is 7.29. The highest BCUT2D eigenvalue weighted by Gasteiger charge is 2.43. The Morgan fingerprint density at radius 2 is 1.58 bits per heavy atom. The lowest BCUT2D eigenvalue weighted by atomic mass is 9.97. The third-order valence-corrected chi connectivity index (χ3v) is 4.48. The van der Waals surface area contributed by atoms with Gasteiger partial charge in [0.25, 0.3) is 0 Å². The minimum atomic E-state index is -0.648. The van der Waals surface area contributed by atoms with Crippen molar-refractivity contribution in [1.29, 1.82) is 0 Å². The third-order valence-electron chi connectivity index (χ3n) is 4.48.